The molecular formula is C31H34ClNO3. The zero-order valence-electron chi connectivity index (χ0n) is 20.8. The molecule has 0 aromatic heterocycles. The summed E-state index contributed by atoms with van der Waals surface area (Å²) in [5.41, 5.74) is 4.03. The molecule has 1 spiro atoms. The highest BCUT2D eigenvalue weighted by Crippen LogP contribution is 2.56. The lowest BCUT2D eigenvalue weighted by Crippen LogP contribution is -2.53. The fourth-order valence-corrected chi connectivity index (χ4v) is 6.97. The van der Waals surface area contributed by atoms with Crippen LogP contribution < -0.4 is 5.32 Å². The summed E-state index contributed by atoms with van der Waals surface area (Å²) in [4.78, 5) is 13.2. The Morgan fingerprint density at radius 2 is 1.75 bits per heavy atom. The summed E-state index contributed by atoms with van der Waals surface area (Å²) < 4.78 is 5.32. The molecule has 2 aliphatic carbocycles. The van der Waals surface area contributed by atoms with Crippen molar-refractivity contribution in [1.29, 1.82) is 0 Å². The number of aliphatic hydroxyl groups excluding tert-OH is 1. The lowest BCUT2D eigenvalue weighted by molar-refractivity contribution is -0.148. The summed E-state index contributed by atoms with van der Waals surface area (Å²) in [5.74, 6) is 0.269. The minimum absolute atomic E-state index is 0.0215. The van der Waals surface area contributed by atoms with E-state index < -0.39 is 5.54 Å². The Hall–Kier alpha value is -2.82. The van der Waals surface area contributed by atoms with E-state index in [2.05, 4.69) is 41.7 Å². The number of anilines is 1. The number of esters is 1. The molecular weight excluding hydrogens is 470 g/mol. The molecule has 36 heavy (non-hydrogen) atoms. The van der Waals surface area contributed by atoms with Gasteiger partial charge in [0.25, 0.3) is 0 Å². The molecule has 3 aromatic rings. The molecule has 0 saturated heterocycles. The Morgan fingerprint density at radius 1 is 1.03 bits per heavy atom. The highest BCUT2D eigenvalue weighted by atomic mass is 35.5. The number of rotatable bonds is 7. The molecule has 2 aliphatic rings. The van der Waals surface area contributed by atoms with Crippen molar-refractivity contribution in [2.24, 2.45) is 5.92 Å². The van der Waals surface area contributed by atoms with Gasteiger partial charge in [0.15, 0.2) is 0 Å². The van der Waals surface area contributed by atoms with Crippen molar-refractivity contribution in [3.63, 3.8) is 0 Å². The summed E-state index contributed by atoms with van der Waals surface area (Å²) in [6, 6.07) is 26.7. The number of hydrogen-bond donors (Lipinski definition) is 2. The first-order valence-corrected chi connectivity index (χ1v) is 13.2. The highest BCUT2D eigenvalue weighted by molar-refractivity contribution is 6.30. The molecule has 188 valence electrons. The Kier molecular flexibility index (Phi) is 7.09. The summed E-state index contributed by atoms with van der Waals surface area (Å²) >= 11 is 6.23. The van der Waals surface area contributed by atoms with Gasteiger partial charge < -0.3 is 15.2 Å². The second kappa shape index (κ2) is 10.3. The van der Waals surface area contributed by atoms with Crippen LogP contribution in [-0.2, 0) is 21.4 Å². The lowest BCUT2D eigenvalue weighted by Gasteiger charge is -2.48. The molecule has 1 saturated carbocycles. The van der Waals surface area contributed by atoms with Crippen LogP contribution in [0.25, 0.3) is 0 Å². The molecule has 2 N–H and O–H groups in total. The van der Waals surface area contributed by atoms with Crippen molar-refractivity contribution in [3.05, 3.63) is 101 Å². The standard InChI is InChI=1S/C31H34ClNO3/c1-36-29(35)31(33-27-12-7-11-26(32)20-27)16-14-30(15-17-31)25(18-23-10-5-6-13-28(23)30)19-24(21-34)22-8-3-2-4-9-22/h2-13,20,24-25,33-34H,14-19,21H2,1H3/t24-,25?,30?,31?/m0/s1. The predicted octanol–water partition coefficient (Wildman–Crippen LogP) is 6.51. The van der Waals surface area contributed by atoms with Crippen molar-refractivity contribution < 1.29 is 14.6 Å². The van der Waals surface area contributed by atoms with E-state index in [1.165, 1.54) is 23.8 Å². The van der Waals surface area contributed by atoms with Crippen molar-refractivity contribution in [3.8, 4) is 0 Å². The van der Waals surface area contributed by atoms with Crippen LogP contribution in [0.1, 0.15) is 54.7 Å². The molecule has 1 fully saturated rings. The quantitative estimate of drug-likeness (QED) is 0.360. The zero-order chi connectivity index (χ0) is 25.2. The number of aliphatic hydroxyl groups is 1. The maximum Gasteiger partial charge on any atom is 0.331 e. The first-order chi connectivity index (χ1) is 17.5. The van der Waals surface area contributed by atoms with Crippen LogP contribution in [0, 0.1) is 5.92 Å². The van der Waals surface area contributed by atoms with Crippen molar-refractivity contribution in [2.75, 3.05) is 19.0 Å². The third kappa shape index (κ3) is 4.53. The number of carbonyl (C=O) groups is 1. The predicted molar refractivity (Wildman–Crippen MR) is 144 cm³/mol. The van der Waals surface area contributed by atoms with Crippen LogP contribution in [0.3, 0.4) is 0 Å². The molecule has 3 aromatic carbocycles. The Morgan fingerprint density at radius 3 is 2.44 bits per heavy atom. The van der Waals surface area contributed by atoms with E-state index in [1.54, 1.807) is 0 Å². The van der Waals surface area contributed by atoms with Crippen molar-refractivity contribution in [2.45, 2.75) is 55.4 Å². The third-order valence-electron chi connectivity index (χ3n) is 8.64. The van der Waals surface area contributed by atoms with Gasteiger partial charge in [-0.25, -0.2) is 4.79 Å². The number of nitrogens with one attached hydrogen (secondary N) is 1. The van der Waals surface area contributed by atoms with Gasteiger partial charge in [0.1, 0.15) is 5.54 Å². The third-order valence-corrected chi connectivity index (χ3v) is 8.88. The van der Waals surface area contributed by atoms with E-state index in [0.29, 0.717) is 23.8 Å². The number of fused-ring (bicyclic) bond motifs is 2. The van der Waals surface area contributed by atoms with E-state index in [-0.39, 0.29) is 23.9 Å². The number of halogens is 1. The molecule has 2 atom stereocenters. The summed E-state index contributed by atoms with van der Waals surface area (Å²) in [6.45, 7) is 0.134. The maximum absolute atomic E-state index is 13.2. The summed E-state index contributed by atoms with van der Waals surface area (Å²) in [6.07, 6.45) is 5.03. The number of carbonyl (C=O) groups excluding carboxylic acids is 1. The van der Waals surface area contributed by atoms with E-state index in [4.69, 9.17) is 16.3 Å². The highest BCUT2D eigenvalue weighted by Gasteiger charge is 2.54. The van der Waals surface area contributed by atoms with Crippen LogP contribution in [0.4, 0.5) is 5.69 Å². The first kappa shape index (κ1) is 24.9. The van der Waals surface area contributed by atoms with Gasteiger partial charge in [-0.3, -0.25) is 0 Å². The van der Waals surface area contributed by atoms with Gasteiger partial charge in [-0.1, -0.05) is 72.3 Å². The molecule has 1 unspecified atom stereocenters. The van der Waals surface area contributed by atoms with Crippen molar-refractivity contribution >= 4 is 23.3 Å². The van der Waals surface area contributed by atoms with Crippen LogP contribution in [0.2, 0.25) is 5.02 Å². The number of hydrogen-bond acceptors (Lipinski definition) is 4. The fraction of sp³-hybridized carbons (Fsp3) is 0.387. The van der Waals surface area contributed by atoms with Gasteiger partial charge in [-0.05, 0) is 84.7 Å². The molecule has 0 heterocycles. The van der Waals surface area contributed by atoms with Gasteiger partial charge in [0, 0.05) is 23.2 Å². The number of methoxy groups -OCH3 is 1. The molecule has 5 rings (SSSR count). The lowest BCUT2D eigenvalue weighted by atomic mass is 9.59. The van der Waals surface area contributed by atoms with Crippen LogP contribution in [0.15, 0.2) is 78.9 Å². The maximum atomic E-state index is 13.2. The molecule has 0 bridgehead atoms. The van der Waals surface area contributed by atoms with E-state index in [9.17, 15) is 9.90 Å². The van der Waals surface area contributed by atoms with Crippen LogP contribution in [-0.4, -0.2) is 30.3 Å². The molecule has 0 amide bonds. The van der Waals surface area contributed by atoms with Gasteiger partial charge in [-0.2, -0.15) is 0 Å². The van der Waals surface area contributed by atoms with Crippen LogP contribution >= 0.6 is 11.6 Å². The largest absolute Gasteiger partial charge is 0.467 e. The SMILES string of the molecule is COC(=O)C1(Nc2cccc(Cl)c2)CCC2(CC1)c1ccccc1CC2C[C@@H](CO)c1ccccc1. The Labute approximate surface area is 218 Å². The van der Waals surface area contributed by atoms with Gasteiger partial charge in [0.05, 0.1) is 7.11 Å². The van der Waals surface area contributed by atoms with E-state index in [0.717, 1.165) is 31.4 Å². The second-order valence-electron chi connectivity index (χ2n) is 10.4. The number of ether oxygens (including phenoxy) is 1. The topological polar surface area (TPSA) is 58.6 Å². The summed E-state index contributed by atoms with van der Waals surface area (Å²) in [5, 5.41) is 14.5. The van der Waals surface area contributed by atoms with Crippen LogP contribution in [0.5, 0.6) is 0 Å². The number of benzene rings is 3. The molecule has 5 heteroatoms. The zero-order valence-corrected chi connectivity index (χ0v) is 21.5. The average Bonchev–Trinajstić information content (AvgIpc) is 3.21. The van der Waals surface area contributed by atoms with E-state index in [1.807, 2.05) is 42.5 Å². The minimum atomic E-state index is -0.789. The Bertz CT molecular complexity index is 1200. The summed E-state index contributed by atoms with van der Waals surface area (Å²) in [7, 11) is 1.47. The normalized spacial score (nSPS) is 25.8. The Balaban J connectivity index is 1.45. The minimum Gasteiger partial charge on any atom is -0.467 e. The molecule has 4 nitrogen and oxygen atoms in total. The van der Waals surface area contributed by atoms with Gasteiger partial charge in [0.2, 0.25) is 0 Å². The molecule has 0 radical (unpaired) electrons. The molecule has 0 aliphatic heterocycles. The fourth-order valence-electron chi connectivity index (χ4n) is 6.78. The smallest absolute Gasteiger partial charge is 0.331 e. The second-order valence-corrected chi connectivity index (χ2v) is 10.9. The monoisotopic (exact) mass is 503 g/mol. The first-order valence-electron chi connectivity index (χ1n) is 12.9. The van der Waals surface area contributed by atoms with Crippen molar-refractivity contribution in [1.82, 2.24) is 0 Å². The van der Waals surface area contributed by atoms with Gasteiger partial charge >= 0.3 is 5.97 Å². The van der Waals surface area contributed by atoms with Gasteiger partial charge in [-0.15, -0.1) is 0 Å². The van der Waals surface area contributed by atoms with E-state index >= 15 is 0 Å². The average molecular weight is 504 g/mol.